The number of amides is 2. The molecule has 0 aliphatic carbocycles. The van der Waals surface area contributed by atoms with Gasteiger partial charge in [-0.05, 0) is 58.9 Å². The van der Waals surface area contributed by atoms with Crippen LogP contribution in [0.5, 0.6) is 5.75 Å². The highest BCUT2D eigenvalue weighted by Crippen LogP contribution is 2.20. The Morgan fingerprint density at radius 1 is 1.15 bits per heavy atom. The first-order valence-corrected chi connectivity index (χ1v) is 6.60. The first-order chi connectivity index (χ1) is 9.11. The van der Waals surface area contributed by atoms with Crippen LogP contribution in [-0.4, -0.2) is 28.9 Å². The summed E-state index contributed by atoms with van der Waals surface area (Å²) in [5.41, 5.74) is -0.242. The molecule has 0 spiro atoms. The molecule has 0 bridgehead atoms. The third kappa shape index (κ3) is 5.93. The fraction of sp³-hybridized carbons (Fsp3) is 0.533. The molecule has 0 heterocycles. The lowest BCUT2D eigenvalue weighted by Crippen LogP contribution is -2.48. The number of carbonyl (C=O) groups excluding carboxylic acids is 1. The molecule has 0 saturated heterocycles. The number of anilines is 1. The summed E-state index contributed by atoms with van der Waals surface area (Å²) in [6.45, 7) is 9.29. The summed E-state index contributed by atoms with van der Waals surface area (Å²) in [7, 11) is 0. The van der Waals surface area contributed by atoms with Crippen LogP contribution >= 0.6 is 0 Å². The van der Waals surface area contributed by atoms with E-state index in [4.69, 9.17) is 9.84 Å². The molecule has 0 saturated carbocycles. The maximum atomic E-state index is 11.7. The van der Waals surface area contributed by atoms with Crippen LogP contribution in [0.2, 0.25) is 0 Å². The Balaban J connectivity index is 2.60. The molecule has 0 unspecified atom stereocenters. The number of hydrogen-bond acceptors (Lipinski definition) is 3. The summed E-state index contributed by atoms with van der Waals surface area (Å²) < 4.78 is 5.70. The molecule has 3 N–H and O–H groups in total. The number of nitrogens with one attached hydrogen (secondary N) is 2. The first-order valence-electron chi connectivity index (χ1n) is 6.60. The topological polar surface area (TPSA) is 70.6 Å². The van der Waals surface area contributed by atoms with E-state index in [1.165, 1.54) is 0 Å². The van der Waals surface area contributed by atoms with Crippen molar-refractivity contribution in [2.75, 3.05) is 11.9 Å². The largest absolute Gasteiger partial charge is 0.488 e. The lowest BCUT2D eigenvalue weighted by Gasteiger charge is -2.24. The quantitative estimate of drug-likeness (QED) is 0.794. The minimum atomic E-state index is -0.653. The molecular weight excluding hydrogens is 256 g/mol. The average Bonchev–Trinajstić information content (AvgIpc) is 2.29. The summed E-state index contributed by atoms with van der Waals surface area (Å²) in [5.74, 6) is 0.749. The van der Waals surface area contributed by atoms with Crippen LogP contribution in [-0.2, 0) is 0 Å². The van der Waals surface area contributed by atoms with Gasteiger partial charge in [-0.2, -0.15) is 0 Å². The Labute approximate surface area is 120 Å². The molecule has 1 rings (SSSR count). The fourth-order valence-electron chi connectivity index (χ4n) is 1.47. The van der Waals surface area contributed by atoms with Crippen molar-refractivity contribution in [3.8, 4) is 5.75 Å². The fourth-order valence-corrected chi connectivity index (χ4v) is 1.47. The normalized spacial score (nSPS) is 11.9. The van der Waals surface area contributed by atoms with E-state index in [9.17, 15) is 4.79 Å². The van der Waals surface area contributed by atoms with Gasteiger partial charge in [0.1, 0.15) is 11.4 Å². The van der Waals surface area contributed by atoms with E-state index in [0.717, 1.165) is 5.75 Å². The Hall–Kier alpha value is -1.75. The first kappa shape index (κ1) is 16.3. The molecule has 0 radical (unpaired) electrons. The number of ether oxygens (including phenoxy) is 1. The molecule has 1 aromatic carbocycles. The molecule has 0 aliphatic heterocycles. The van der Waals surface area contributed by atoms with E-state index in [1.807, 2.05) is 20.8 Å². The van der Waals surface area contributed by atoms with E-state index < -0.39 is 5.54 Å². The van der Waals surface area contributed by atoms with Gasteiger partial charge in [0.15, 0.2) is 0 Å². The van der Waals surface area contributed by atoms with E-state index >= 15 is 0 Å². The smallest absolute Gasteiger partial charge is 0.319 e. The third-order valence-corrected chi connectivity index (χ3v) is 2.38. The minimum absolute atomic E-state index is 0.126. The van der Waals surface area contributed by atoms with Crippen molar-refractivity contribution in [3.63, 3.8) is 0 Å². The molecule has 112 valence electrons. The van der Waals surface area contributed by atoms with Gasteiger partial charge >= 0.3 is 6.03 Å². The molecule has 0 fully saturated rings. The number of aliphatic hydroxyl groups excluding tert-OH is 1. The van der Waals surface area contributed by atoms with Gasteiger partial charge in [-0.3, -0.25) is 0 Å². The zero-order chi connectivity index (χ0) is 15.4. The summed E-state index contributed by atoms with van der Waals surface area (Å²) in [6.07, 6.45) is 0. The Morgan fingerprint density at radius 2 is 1.70 bits per heavy atom. The highest BCUT2D eigenvalue weighted by Gasteiger charge is 2.19. The summed E-state index contributed by atoms with van der Waals surface area (Å²) in [4.78, 5) is 11.7. The zero-order valence-corrected chi connectivity index (χ0v) is 12.8. The van der Waals surface area contributed by atoms with Crippen LogP contribution < -0.4 is 15.4 Å². The number of benzene rings is 1. The van der Waals surface area contributed by atoms with Crippen LogP contribution in [0, 0.1) is 0 Å². The van der Waals surface area contributed by atoms with Crippen LogP contribution in [0.15, 0.2) is 24.3 Å². The maximum Gasteiger partial charge on any atom is 0.319 e. The van der Waals surface area contributed by atoms with Crippen molar-refractivity contribution in [2.45, 2.75) is 45.8 Å². The van der Waals surface area contributed by atoms with Gasteiger partial charge in [0.25, 0.3) is 0 Å². The van der Waals surface area contributed by atoms with Crippen molar-refractivity contribution < 1.29 is 14.6 Å². The van der Waals surface area contributed by atoms with Crippen molar-refractivity contribution in [2.24, 2.45) is 0 Å². The third-order valence-electron chi connectivity index (χ3n) is 2.38. The number of carbonyl (C=O) groups is 1. The van der Waals surface area contributed by atoms with Crippen molar-refractivity contribution >= 4 is 11.7 Å². The number of hydrogen-bond donors (Lipinski definition) is 3. The van der Waals surface area contributed by atoms with Gasteiger partial charge in [0, 0.05) is 5.69 Å². The summed E-state index contributed by atoms with van der Waals surface area (Å²) in [5, 5.41) is 14.5. The van der Waals surface area contributed by atoms with E-state index in [2.05, 4.69) is 10.6 Å². The molecule has 1 aromatic rings. The second kappa shape index (κ2) is 6.13. The van der Waals surface area contributed by atoms with Crippen molar-refractivity contribution in [1.29, 1.82) is 0 Å². The van der Waals surface area contributed by atoms with Gasteiger partial charge < -0.3 is 20.5 Å². The van der Waals surface area contributed by atoms with Crippen molar-refractivity contribution in [1.82, 2.24) is 5.32 Å². The minimum Gasteiger partial charge on any atom is -0.488 e. The highest BCUT2D eigenvalue weighted by molar-refractivity contribution is 5.89. The molecule has 5 heteroatoms. The standard InChI is InChI=1S/C15H24N2O3/c1-14(2,3)20-12-8-6-11(7-9-12)16-13(19)17-15(4,5)10-18/h6-9,18H,10H2,1-5H3,(H2,16,17,19). The van der Waals surface area contributed by atoms with E-state index in [-0.39, 0.29) is 18.2 Å². The molecule has 0 aliphatic rings. The van der Waals surface area contributed by atoms with Crippen molar-refractivity contribution in [3.05, 3.63) is 24.3 Å². The van der Waals surface area contributed by atoms with Gasteiger partial charge in [-0.25, -0.2) is 4.79 Å². The monoisotopic (exact) mass is 280 g/mol. The van der Waals surface area contributed by atoms with Gasteiger partial charge in [0.2, 0.25) is 0 Å². The van der Waals surface area contributed by atoms with Crippen LogP contribution in [0.4, 0.5) is 10.5 Å². The van der Waals surface area contributed by atoms with Gasteiger partial charge in [0.05, 0.1) is 12.1 Å². The molecule has 2 amide bonds. The molecule has 20 heavy (non-hydrogen) atoms. The lowest BCUT2D eigenvalue weighted by molar-refractivity contribution is 0.131. The molecule has 5 nitrogen and oxygen atoms in total. The average molecular weight is 280 g/mol. The summed E-state index contributed by atoms with van der Waals surface area (Å²) in [6, 6.07) is 6.79. The Kier molecular flexibility index (Phi) is 5.00. The van der Waals surface area contributed by atoms with Crippen LogP contribution in [0.25, 0.3) is 0 Å². The van der Waals surface area contributed by atoms with E-state index in [0.29, 0.717) is 5.69 Å². The second-order valence-corrected chi connectivity index (χ2v) is 6.36. The molecular formula is C15H24N2O3. The molecule has 0 atom stereocenters. The van der Waals surface area contributed by atoms with Crippen LogP contribution in [0.1, 0.15) is 34.6 Å². The lowest BCUT2D eigenvalue weighted by atomic mass is 10.1. The SMILES string of the molecule is CC(C)(CO)NC(=O)Nc1ccc(OC(C)(C)C)cc1. The molecule has 0 aromatic heterocycles. The van der Waals surface area contributed by atoms with Gasteiger partial charge in [-0.1, -0.05) is 0 Å². The predicted molar refractivity (Wildman–Crippen MR) is 80.1 cm³/mol. The van der Waals surface area contributed by atoms with Crippen LogP contribution in [0.3, 0.4) is 0 Å². The zero-order valence-electron chi connectivity index (χ0n) is 12.8. The second-order valence-electron chi connectivity index (χ2n) is 6.36. The number of urea groups is 1. The Bertz CT molecular complexity index is 447. The van der Waals surface area contributed by atoms with Gasteiger partial charge in [-0.15, -0.1) is 0 Å². The maximum absolute atomic E-state index is 11.7. The Morgan fingerprint density at radius 3 is 2.15 bits per heavy atom. The van der Waals surface area contributed by atoms with E-state index in [1.54, 1.807) is 38.1 Å². The predicted octanol–water partition coefficient (Wildman–Crippen LogP) is 2.76. The number of rotatable bonds is 4. The number of aliphatic hydroxyl groups is 1. The summed E-state index contributed by atoms with van der Waals surface area (Å²) >= 11 is 0. The highest BCUT2D eigenvalue weighted by atomic mass is 16.5.